The second-order valence-electron chi connectivity index (χ2n) is 8.39. The zero-order valence-electron chi connectivity index (χ0n) is 18.2. The number of hydrogen-bond acceptors (Lipinski definition) is 3. The molecular weight excluding hydrogens is 360 g/mol. The first-order valence-electron chi connectivity index (χ1n) is 10.8. The molecule has 1 heterocycles. The van der Waals surface area contributed by atoms with Gasteiger partial charge >= 0.3 is 0 Å². The molecule has 0 aliphatic carbocycles. The summed E-state index contributed by atoms with van der Waals surface area (Å²) in [6.45, 7) is 10.9. The summed E-state index contributed by atoms with van der Waals surface area (Å²) in [6.07, 6.45) is 3.34. The number of carbonyl (C=O) groups excluding carboxylic acids is 1. The second-order valence-corrected chi connectivity index (χ2v) is 8.39. The molecule has 29 heavy (non-hydrogen) atoms. The Hall–Kier alpha value is -2.49. The Labute approximate surface area is 175 Å². The Morgan fingerprint density at radius 3 is 2.38 bits per heavy atom. The van der Waals surface area contributed by atoms with Crippen LogP contribution in [0.15, 0.2) is 42.5 Å². The van der Waals surface area contributed by atoms with Crippen molar-refractivity contribution in [1.82, 2.24) is 5.32 Å². The molecule has 1 amide bonds. The summed E-state index contributed by atoms with van der Waals surface area (Å²) in [6, 6.07) is 14.7. The summed E-state index contributed by atoms with van der Waals surface area (Å²) in [7, 11) is 0. The van der Waals surface area contributed by atoms with Crippen LogP contribution in [-0.4, -0.2) is 25.1 Å². The number of nitrogens with one attached hydrogen (secondary N) is 1. The maximum absolute atomic E-state index is 12.6. The molecule has 4 nitrogen and oxygen atoms in total. The van der Waals surface area contributed by atoms with E-state index in [9.17, 15) is 4.79 Å². The predicted molar refractivity (Wildman–Crippen MR) is 120 cm³/mol. The largest absolute Gasteiger partial charge is 0.481 e. The van der Waals surface area contributed by atoms with Crippen molar-refractivity contribution in [2.45, 2.75) is 65.5 Å². The van der Waals surface area contributed by atoms with Gasteiger partial charge in [0.05, 0.1) is 0 Å². The minimum Gasteiger partial charge on any atom is -0.481 e. The number of hydrogen-bond donors (Lipinski definition) is 1. The molecule has 4 heteroatoms. The maximum Gasteiger partial charge on any atom is 0.261 e. The number of benzene rings is 2. The van der Waals surface area contributed by atoms with E-state index in [4.69, 9.17) is 4.74 Å². The highest BCUT2D eigenvalue weighted by atomic mass is 16.5. The van der Waals surface area contributed by atoms with Crippen LogP contribution < -0.4 is 15.0 Å². The molecule has 2 aromatic rings. The van der Waals surface area contributed by atoms with E-state index in [1.165, 1.54) is 24.9 Å². The van der Waals surface area contributed by atoms with Crippen molar-refractivity contribution in [1.29, 1.82) is 0 Å². The lowest BCUT2D eigenvalue weighted by Gasteiger charge is -2.28. The Balaban J connectivity index is 1.54. The Kier molecular flexibility index (Phi) is 7.18. The number of anilines is 1. The van der Waals surface area contributed by atoms with Crippen molar-refractivity contribution < 1.29 is 9.53 Å². The third-order valence-corrected chi connectivity index (χ3v) is 5.59. The van der Waals surface area contributed by atoms with Gasteiger partial charge in [-0.3, -0.25) is 4.79 Å². The van der Waals surface area contributed by atoms with Crippen LogP contribution in [0.3, 0.4) is 0 Å². The van der Waals surface area contributed by atoms with Crippen LogP contribution in [0.2, 0.25) is 0 Å². The summed E-state index contributed by atoms with van der Waals surface area (Å²) < 4.78 is 6.02. The second kappa shape index (κ2) is 9.82. The molecule has 1 aliphatic heterocycles. The SMILES string of the molecule is Cc1ccc(C(C)C)c(O[C@H](C)C(=O)NCc2ccc(N3CCCCC3)cc2)c1. The van der Waals surface area contributed by atoms with E-state index in [1.807, 2.05) is 13.0 Å². The van der Waals surface area contributed by atoms with E-state index >= 15 is 0 Å². The van der Waals surface area contributed by atoms with Gasteiger partial charge < -0.3 is 15.0 Å². The smallest absolute Gasteiger partial charge is 0.261 e. The zero-order chi connectivity index (χ0) is 20.8. The quantitative estimate of drug-likeness (QED) is 0.702. The van der Waals surface area contributed by atoms with E-state index in [0.717, 1.165) is 35.5 Å². The lowest BCUT2D eigenvalue weighted by molar-refractivity contribution is -0.127. The van der Waals surface area contributed by atoms with Crippen LogP contribution in [0.1, 0.15) is 62.6 Å². The molecule has 0 spiro atoms. The molecular formula is C25H34N2O2. The van der Waals surface area contributed by atoms with Gasteiger partial charge in [-0.05, 0) is 73.9 Å². The molecule has 2 aromatic carbocycles. The number of piperidine rings is 1. The van der Waals surface area contributed by atoms with Gasteiger partial charge in [0.1, 0.15) is 5.75 Å². The molecule has 1 fully saturated rings. The van der Waals surface area contributed by atoms with E-state index in [-0.39, 0.29) is 5.91 Å². The number of ether oxygens (including phenoxy) is 1. The fourth-order valence-corrected chi connectivity index (χ4v) is 3.77. The number of amides is 1. The number of aryl methyl sites for hydroxylation is 1. The number of carbonyl (C=O) groups is 1. The highest BCUT2D eigenvalue weighted by Crippen LogP contribution is 2.28. The summed E-state index contributed by atoms with van der Waals surface area (Å²) in [5, 5.41) is 3.00. The van der Waals surface area contributed by atoms with Gasteiger partial charge in [0.15, 0.2) is 6.10 Å². The van der Waals surface area contributed by atoms with Gasteiger partial charge in [-0.25, -0.2) is 0 Å². The summed E-state index contributed by atoms with van der Waals surface area (Å²) in [4.78, 5) is 15.0. The zero-order valence-corrected chi connectivity index (χ0v) is 18.2. The average Bonchev–Trinajstić information content (AvgIpc) is 2.73. The van der Waals surface area contributed by atoms with Crippen molar-refractivity contribution in [3.05, 3.63) is 59.2 Å². The van der Waals surface area contributed by atoms with Crippen molar-refractivity contribution >= 4 is 11.6 Å². The fourth-order valence-electron chi connectivity index (χ4n) is 3.77. The highest BCUT2D eigenvalue weighted by Gasteiger charge is 2.17. The molecule has 0 saturated carbocycles. The van der Waals surface area contributed by atoms with Gasteiger partial charge in [0, 0.05) is 25.3 Å². The lowest BCUT2D eigenvalue weighted by atomic mass is 10.0. The standard InChI is InChI=1S/C25H34N2O2/c1-18(2)23-13-8-19(3)16-24(23)29-20(4)25(28)26-17-21-9-11-22(12-10-21)27-14-6-5-7-15-27/h8-13,16,18,20H,5-7,14-15,17H2,1-4H3,(H,26,28)/t20-/m1/s1. The summed E-state index contributed by atoms with van der Waals surface area (Å²) >= 11 is 0. The van der Waals surface area contributed by atoms with Crippen LogP contribution in [0.4, 0.5) is 5.69 Å². The Morgan fingerprint density at radius 2 is 1.72 bits per heavy atom. The first-order valence-corrected chi connectivity index (χ1v) is 10.8. The van der Waals surface area contributed by atoms with Crippen LogP contribution >= 0.6 is 0 Å². The molecule has 0 bridgehead atoms. The third-order valence-electron chi connectivity index (χ3n) is 5.59. The van der Waals surface area contributed by atoms with Gasteiger partial charge in [0.2, 0.25) is 0 Å². The molecule has 0 unspecified atom stereocenters. The molecule has 1 N–H and O–H groups in total. The van der Waals surface area contributed by atoms with E-state index < -0.39 is 6.10 Å². The molecule has 1 aliphatic rings. The highest BCUT2D eigenvalue weighted by molar-refractivity contribution is 5.80. The van der Waals surface area contributed by atoms with Crippen LogP contribution in [0.25, 0.3) is 0 Å². The average molecular weight is 395 g/mol. The van der Waals surface area contributed by atoms with Crippen molar-refractivity contribution in [3.8, 4) is 5.75 Å². The number of rotatable bonds is 7. The van der Waals surface area contributed by atoms with Gasteiger partial charge in [-0.2, -0.15) is 0 Å². The molecule has 0 aromatic heterocycles. The number of nitrogens with zero attached hydrogens (tertiary/aromatic N) is 1. The van der Waals surface area contributed by atoms with Crippen molar-refractivity contribution in [2.75, 3.05) is 18.0 Å². The molecule has 1 atom stereocenters. The van der Waals surface area contributed by atoms with Crippen molar-refractivity contribution in [3.63, 3.8) is 0 Å². The van der Waals surface area contributed by atoms with Gasteiger partial charge in [-0.15, -0.1) is 0 Å². The Morgan fingerprint density at radius 1 is 1.03 bits per heavy atom. The van der Waals surface area contributed by atoms with E-state index in [0.29, 0.717) is 12.5 Å². The summed E-state index contributed by atoms with van der Waals surface area (Å²) in [5.41, 5.74) is 4.64. The topological polar surface area (TPSA) is 41.6 Å². The van der Waals surface area contributed by atoms with E-state index in [2.05, 4.69) is 60.5 Å². The van der Waals surface area contributed by atoms with Crippen LogP contribution in [-0.2, 0) is 11.3 Å². The Bertz CT molecular complexity index is 808. The summed E-state index contributed by atoms with van der Waals surface area (Å²) in [5.74, 6) is 1.05. The lowest BCUT2D eigenvalue weighted by Crippen LogP contribution is -2.36. The first kappa shape index (κ1) is 21.2. The third kappa shape index (κ3) is 5.75. The van der Waals surface area contributed by atoms with Gasteiger partial charge in [0.25, 0.3) is 5.91 Å². The van der Waals surface area contributed by atoms with Crippen LogP contribution in [0.5, 0.6) is 5.75 Å². The molecule has 3 rings (SSSR count). The molecule has 156 valence electrons. The maximum atomic E-state index is 12.6. The van der Waals surface area contributed by atoms with Gasteiger partial charge in [-0.1, -0.05) is 38.1 Å². The first-order chi connectivity index (χ1) is 13.9. The minimum absolute atomic E-state index is 0.0960. The minimum atomic E-state index is -0.540. The van der Waals surface area contributed by atoms with E-state index in [1.54, 1.807) is 6.92 Å². The van der Waals surface area contributed by atoms with Crippen molar-refractivity contribution in [2.24, 2.45) is 0 Å². The van der Waals surface area contributed by atoms with Crippen LogP contribution in [0, 0.1) is 6.92 Å². The fraction of sp³-hybridized carbons (Fsp3) is 0.480. The molecule has 0 radical (unpaired) electrons. The monoisotopic (exact) mass is 394 g/mol. The normalized spacial score (nSPS) is 15.3. The molecule has 1 saturated heterocycles. The predicted octanol–water partition coefficient (Wildman–Crippen LogP) is 5.19.